The summed E-state index contributed by atoms with van der Waals surface area (Å²) in [5.74, 6) is 1.39. The number of anilines is 1. The summed E-state index contributed by atoms with van der Waals surface area (Å²) < 4.78 is 0. The van der Waals surface area contributed by atoms with Gasteiger partial charge >= 0.3 is 0 Å². The third-order valence-electron chi connectivity index (χ3n) is 6.76. The highest BCUT2D eigenvalue weighted by atomic mass is 16.3. The maximum Gasteiger partial charge on any atom is 0.122 e. The lowest BCUT2D eigenvalue weighted by Crippen LogP contribution is -2.41. The fraction of sp³-hybridized carbons (Fsp3) is 0.459. The first kappa shape index (κ1) is 36.8. The number of aliphatic hydroxyl groups is 1. The maximum atomic E-state index is 10.5. The van der Waals surface area contributed by atoms with Crippen LogP contribution in [0.25, 0.3) is 5.57 Å². The molecule has 3 rings (SSSR count). The monoisotopic (exact) mass is 546 g/mol. The smallest absolute Gasteiger partial charge is 0.122 e. The Hall–Kier alpha value is -3.20. The fourth-order valence-electron chi connectivity index (χ4n) is 4.69. The van der Waals surface area contributed by atoms with Crippen molar-refractivity contribution in [1.29, 1.82) is 0 Å². The quantitative estimate of drug-likeness (QED) is 0.181. The van der Waals surface area contributed by atoms with Crippen molar-refractivity contribution in [1.82, 2.24) is 5.32 Å². The van der Waals surface area contributed by atoms with Crippen LogP contribution in [-0.2, 0) is 0 Å². The van der Waals surface area contributed by atoms with Crippen LogP contribution in [0, 0.1) is 17.3 Å². The van der Waals surface area contributed by atoms with E-state index in [0.717, 1.165) is 34.9 Å². The molecule has 1 aromatic rings. The first-order valence-electron chi connectivity index (χ1n) is 15.2. The third-order valence-corrected chi connectivity index (χ3v) is 6.76. The Morgan fingerprint density at radius 3 is 2.33 bits per heavy atom. The van der Waals surface area contributed by atoms with Crippen molar-refractivity contribution in [2.75, 3.05) is 11.9 Å². The molecule has 2 atom stereocenters. The molecule has 1 saturated heterocycles. The summed E-state index contributed by atoms with van der Waals surface area (Å²) >= 11 is 0. The summed E-state index contributed by atoms with van der Waals surface area (Å²) in [7, 11) is 0. The molecular weight excluding hydrogens is 488 g/mol. The Morgan fingerprint density at radius 2 is 1.73 bits per heavy atom. The van der Waals surface area contributed by atoms with Crippen LogP contribution in [0.1, 0.15) is 94.6 Å². The molecule has 0 saturated carbocycles. The summed E-state index contributed by atoms with van der Waals surface area (Å²) in [4.78, 5) is 0. The highest BCUT2D eigenvalue weighted by Gasteiger charge is 2.34. The van der Waals surface area contributed by atoms with E-state index in [-0.39, 0.29) is 0 Å². The van der Waals surface area contributed by atoms with Crippen molar-refractivity contribution in [3.05, 3.63) is 108 Å². The summed E-state index contributed by atoms with van der Waals surface area (Å²) in [6.07, 6.45) is 23.4. The highest BCUT2D eigenvalue weighted by molar-refractivity contribution is 5.71. The molecule has 3 nitrogen and oxygen atoms in total. The molecule has 1 aliphatic heterocycles. The molecule has 1 aromatic carbocycles. The lowest BCUT2D eigenvalue weighted by Gasteiger charge is -2.41. The van der Waals surface area contributed by atoms with Crippen LogP contribution >= 0.6 is 0 Å². The molecule has 0 spiro atoms. The molecule has 3 heteroatoms. The van der Waals surface area contributed by atoms with Gasteiger partial charge in [0, 0.05) is 35.5 Å². The highest BCUT2D eigenvalue weighted by Crippen LogP contribution is 2.40. The zero-order valence-corrected chi connectivity index (χ0v) is 27.3. The van der Waals surface area contributed by atoms with E-state index in [9.17, 15) is 5.11 Å². The van der Waals surface area contributed by atoms with Gasteiger partial charge in [0.05, 0.1) is 0 Å². The summed E-state index contributed by atoms with van der Waals surface area (Å²) in [6, 6.07) is 8.05. The lowest BCUT2D eigenvalue weighted by atomic mass is 9.71. The van der Waals surface area contributed by atoms with Gasteiger partial charge in [-0.25, -0.2) is 0 Å². The molecule has 0 radical (unpaired) electrons. The topological polar surface area (TPSA) is 44.3 Å². The largest absolute Gasteiger partial charge is 0.507 e. The SMILES string of the molecule is C/C=C\C=C/Nc1cccc(/C(C)=C(O)/C(=C\C)C(C)C)c1.C/C=C\C=C1/NC[C@]2(C)C=CCC1C2.CC.CC. The third kappa shape index (κ3) is 12.3. The summed E-state index contributed by atoms with van der Waals surface area (Å²) in [5, 5.41) is 17.3. The van der Waals surface area contributed by atoms with Crippen LogP contribution in [0.3, 0.4) is 0 Å². The first-order valence-corrected chi connectivity index (χ1v) is 15.2. The van der Waals surface area contributed by atoms with E-state index in [1.54, 1.807) is 0 Å². The molecule has 2 bridgehead atoms. The van der Waals surface area contributed by atoms with Crippen molar-refractivity contribution in [3.63, 3.8) is 0 Å². The number of rotatable bonds is 7. The van der Waals surface area contributed by atoms with Crippen molar-refractivity contribution in [2.24, 2.45) is 17.3 Å². The predicted molar refractivity (Wildman–Crippen MR) is 181 cm³/mol. The Morgan fingerprint density at radius 1 is 1.05 bits per heavy atom. The first-order chi connectivity index (χ1) is 19.2. The van der Waals surface area contributed by atoms with Gasteiger partial charge < -0.3 is 15.7 Å². The molecular formula is C37H58N2O. The summed E-state index contributed by atoms with van der Waals surface area (Å²) in [6.45, 7) is 23.6. The van der Waals surface area contributed by atoms with E-state index in [1.807, 2.05) is 103 Å². The molecule has 40 heavy (non-hydrogen) atoms. The Balaban J connectivity index is 0.000000722. The van der Waals surface area contributed by atoms with E-state index >= 15 is 0 Å². The summed E-state index contributed by atoms with van der Waals surface area (Å²) in [5.41, 5.74) is 5.70. The number of nitrogens with one attached hydrogen (secondary N) is 2. The van der Waals surface area contributed by atoms with Gasteiger partial charge in [-0.15, -0.1) is 0 Å². The van der Waals surface area contributed by atoms with Gasteiger partial charge in [-0.1, -0.05) is 103 Å². The minimum absolute atomic E-state index is 0.296. The number of piperidine rings is 1. The number of aliphatic hydroxyl groups excluding tert-OH is 1. The molecule has 0 aromatic heterocycles. The van der Waals surface area contributed by atoms with Crippen LogP contribution in [0.2, 0.25) is 0 Å². The van der Waals surface area contributed by atoms with Crippen LogP contribution in [-0.4, -0.2) is 11.7 Å². The zero-order chi connectivity index (χ0) is 30.6. The Bertz CT molecular complexity index is 1070. The van der Waals surface area contributed by atoms with Crippen molar-refractivity contribution >= 4 is 11.3 Å². The average Bonchev–Trinajstić information content (AvgIpc) is 2.97. The van der Waals surface area contributed by atoms with Crippen molar-refractivity contribution in [2.45, 2.75) is 89.0 Å². The molecule has 222 valence electrons. The lowest BCUT2D eigenvalue weighted by molar-refractivity contribution is 0.255. The van der Waals surface area contributed by atoms with E-state index < -0.39 is 0 Å². The molecule has 1 heterocycles. The van der Waals surface area contributed by atoms with E-state index in [2.05, 4.69) is 68.7 Å². The van der Waals surface area contributed by atoms with E-state index in [4.69, 9.17) is 0 Å². The average molecular weight is 547 g/mol. The fourth-order valence-corrected chi connectivity index (χ4v) is 4.69. The van der Waals surface area contributed by atoms with E-state index in [0.29, 0.717) is 17.1 Å². The van der Waals surface area contributed by atoms with Crippen molar-refractivity contribution in [3.8, 4) is 0 Å². The van der Waals surface area contributed by atoms with Gasteiger partial charge in [0.1, 0.15) is 5.76 Å². The molecule has 3 N–H and O–H groups in total. The van der Waals surface area contributed by atoms with Crippen LogP contribution < -0.4 is 10.6 Å². The minimum Gasteiger partial charge on any atom is -0.507 e. The molecule has 2 aliphatic rings. The maximum absolute atomic E-state index is 10.5. The second-order valence-corrected chi connectivity index (χ2v) is 10.2. The van der Waals surface area contributed by atoms with Crippen LogP contribution in [0.5, 0.6) is 0 Å². The number of allylic oxidation sites excluding steroid dienone is 11. The predicted octanol–water partition coefficient (Wildman–Crippen LogP) is 11.2. The second kappa shape index (κ2) is 20.7. The van der Waals surface area contributed by atoms with Crippen molar-refractivity contribution < 1.29 is 5.11 Å². The van der Waals surface area contributed by atoms with Crippen LogP contribution in [0.4, 0.5) is 5.69 Å². The Labute approximate surface area is 247 Å². The van der Waals surface area contributed by atoms with Crippen LogP contribution in [0.15, 0.2) is 102 Å². The molecule has 0 amide bonds. The number of hydrogen-bond acceptors (Lipinski definition) is 3. The number of fused-ring (bicyclic) bond motifs is 2. The van der Waals surface area contributed by atoms with Gasteiger partial charge in [0.25, 0.3) is 0 Å². The van der Waals surface area contributed by atoms with Gasteiger partial charge in [-0.3, -0.25) is 0 Å². The molecule has 1 fully saturated rings. The zero-order valence-electron chi connectivity index (χ0n) is 27.3. The standard InChI is InChI=1S/C20H27NO.C13H19N.2C2H6/c1-6-8-9-13-21-18-12-10-11-17(14-18)16(5)20(22)19(7-2)15(3)4;1-3-4-7-12-11-6-5-8-13(2,9-11)10-14-12;2*1-2/h6-15,21-22H,1-5H3;3-5,7-8,11,14H,6,9-10H2,1-2H3;2*1-2H3/b8-6-,13-9-,19-7-,20-16-;4-3-,12-7-;;/t;11?,13-;;/m.1../s1. The second-order valence-electron chi connectivity index (χ2n) is 10.2. The van der Waals surface area contributed by atoms with Gasteiger partial charge in [0.15, 0.2) is 0 Å². The molecule has 1 aliphatic carbocycles. The van der Waals surface area contributed by atoms with Gasteiger partial charge in [0.2, 0.25) is 0 Å². The minimum atomic E-state index is 0.296. The Kier molecular flexibility index (Phi) is 19.0. The van der Waals surface area contributed by atoms with Gasteiger partial charge in [-0.05, 0) is 87.4 Å². The van der Waals surface area contributed by atoms with Gasteiger partial charge in [-0.2, -0.15) is 0 Å². The normalized spacial score (nSPS) is 21.6. The number of benzene rings is 1. The number of hydrogen-bond donors (Lipinski definition) is 3. The molecule has 1 unspecified atom stereocenters. The van der Waals surface area contributed by atoms with E-state index in [1.165, 1.54) is 18.5 Å².